The van der Waals surface area contributed by atoms with Crippen LogP contribution in [-0.2, 0) is 35.0 Å². The zero-order chi connectivity index (χ0) is 34.6. The maximum Gasteiger partial charge on any atom is 0.223 e. The van der Waals surface area contributed by atoms with Crippen LogP contribution in [0.1, 0.15) is 82.2 Å². The molecule has 3 fully saturated rings. The minimum atomic E-state index is -0.992. The average Bonchev–Trinajstić information content (AvgIpc) is 3.49. The van der Waals surface area contributed by atoms with Crippen LogP contribution in [0, 0.1) is 5.92 Å². The number of nitrogens with one attached hydrogen (secondary N) is 2. The monoisotopic (exact) mass is 679 g/mol. The number of phenols is 2. The van der Waals surface area contributed by atoms with Crippen molar-refractivity contribution >= 4 is 23.4 Å². The number of benzene rings is 2. The van der Waals surface area contributed by atoms with Crippen molar-refractivity contribution in [3.05, 3.63) is 51.6 Å². The van der Waals surface area contributed by atoms with Gasteiger partial charge in [0.2, 0.25) is 17.6 Å². The van der Waals surface area contributed by atoms with Crippen LogP contribution in [0.3, 0.4) is 0 Å². The van der Waals surface area contributed by atoms with Gasteiger partial charge >= 0.3 is 0 Å². The minimum absolute atomic E-state index is 0.00498. The Morgan fingerprint density at radius 2 is 1.80 bits per heavy atom. The van der Waals surface area contributed by atoms with E-state index in [9.17, 15) is 29.4 Å². The van der Waals surface area contributed by atoms with E-state index in [1.54, 1.807) is 19.1 Å². The molecule has 2 amide bonds. The van der Waals surface area contributed by atoms with Crippen molar-refractivity contribution < 1.29 is 53.1 Å². The molecule has 262 valence electrons. The lowest BCUT2D eigenvalue weighted by molar-refractivity contribution is -0.243. The third kappa shape index (κ3) is 5.74. The summed E-state index contributed by atoms with van der Waals surface area (Å²) in [6.45, 7) is 5.79. The van der Waals surface area contributed by atoms with E-state index in [0.717, 1.165) is 0 Å². The quantitative estimate of drug-likeness (QED) is 0.200. The lowest BCUT2D eigenvalue weighted by Gasteiger charge is -2.41. The van der Waals surface area contributed by atoms with E-state index in [0.29, 0.717) is 32.6 Å². The number of hydrogen-bond donors (Lipinski definition) is 4. The largest absolute Gasteiger partial charge is 0.507 e. The van der Waals surface area contributed by atoms with E-state index in [-0.39, 0.29) is 101 Å². The van der Waals surface area contributed by atoms with Gasteiger partial charge in [-0.15, -0.1) is 0 Å². The number of carbonyl (C=O) groups excluding carboxylic acids is 4. The molecule has 14 nitrogen and oxygen atoms in total. The lowest BCUT2D eigenvalue weighted by Crippen LogP contribution is -2.52. The number of ketones is 2. The molecule has 1 unspecified atom stereocenters. The fourth-order valence-electron chi connectivity index (χ4n) is 7.94. The van der Waals surface area contributed by atoms with Gasteiger partial charge in [-0.05, 0) is 25.8 Å². The molecule has 3 heterocycles. The Hall–Kier alpha value is -4.08. The minimum Gasteiger partial charge on any atom is -0.507 e. The fraction of sp³-hybridized carbons (Fsp3) is 0.543. The second-order valence-electron chi connectivity index (χ2n) is 13.1. The van der Waals surface area contributed by atoms with Crippen LogP contribution >= 0.6 is 0 Å². The van der Waals surface area contributed by atoms with Gasteiger partial charge in [-0.1, -0.05) is 19.1 Å². The van der Waals surface area contributed by atoms with Crippen LogP contribution < -0.4 is 15.4 Å². The molecule has 2 aromatic carbocycles. The van der Waals surface area contributed by atoms with Gasteiger partial charge < -0.3 is 44.5 Å². The predicted molar refractivity (Wildman–Crippen MR) is 171 cm³/mol. The van der Waals surface area contributed by atoms with Gasteiger partial charge in [-0.25, -0.2) is 0 Å². The third-order valence-electron chi connectivity index (χ3n) is 10.3. The molecule has 2 aliphatic carbocycles. The molecular formula is C35H41N3O11. The number of carbonyl (C=O) groups is 4. The molecule has 49 heavy (non-hydrogen) atoms. The van der Waals surface area contributed by atoms with Crippen molar-refractivity contribution in [2.75, 3.05) is 40.0 Å². The van der Waals surface area contributed by atoms with Crippen molar-refractivity contribution in [3.8, 4) is 17.2 Å². The van der Waals surface area contributed by atoms with Gasteiger partial charge in [0.05, 0.1) is 49.2 Å². The van der Waals surface area contributed by atoms with E-state index in [1.165, 1.54) is 13.2 Å². The SMILES string of the molecule is CCC(=O)NCCNC(=O)C1Cc2c(O)c3c(c(O)c2[C@@H](O[C@H]2C[C@H]4[C@H](O[C@@H]5COCCN54)[C@H](C)O2)C1)C(=O)c1c(OC)cccc1C3=O. The second kappa shape index (κ2) is 13.3. The van der Waals surface area contributed by atoms with E-state index < -0.39 is 41.4 Å². The highest BCUT2D eigenvalue weighted by atomic mass is 16.7. The van der Waals surface area contributed by atoms with Crippen LogP contribution in [0.15, 0.2) is 18.2 Å². The number of hydrogen-bond acceptors (Lipinski definition) is 12. The van der Waals surface area contributed by atoms with Crippen molar-refractivity contribution in [2.45, 2.75) is 76.4 Å². The normalized spacial score (nSPS) is 28.8. The molecular weight excluding hydrogens is 638 g/mol. The molecule has 0 spiro atoms. The molecule has 3 aliphatic heterocycles. The number of morpholine rings is 1. The first-order valence-electron chi connectivity index (χ1n) is 16.8. The maximum absolute atomic E-state index is 14.0. The maximum atomic E-state index is 14.0. The van der Waals surface area contributed by atoms with Crippen molar-refractivity contribution in [2.24, 2.45) is 5.92 Å². The molecule has 0 radical (unpaired) electrons. The van der Waals surface area contributed by atoms with Crippen LogP contribution in [0.5, 0.6) is 17.2 Å². The van der Waals surface area contributed by atoms with Crippen LogP contribution in [-0.4, -0.2) is 109 Å². The van der Waals surface area contributed by atoms with Gasteiger partial charge in [-0.3, -0.25) is 24.1 Å². The van der Waals surface area contributed by atoms with E-state index >= 15 is 0 Å². The van der Waals surface area contributed by atoms with E-state index in [4.69, 9.17) is 23.7 Å². The molecule has 0 aromatic heterocycles. The Labute approximate surface area is 283 Å². The number of ether oxygens (including phenoxy) is 5. The molecule has 7 atom stereocenters. The first kappa shape index (κ1) is 33.4. The van der Waals surface area contributed by atoms with Gasteiger partial charge in [-0.2, -0.15) is 0 Å². The number of rotatable bonds is 8. The highest BCUT2D eigenvalue weighted by Crippen LogP contribution is 2.52. The Bertz CT molecular complexity index is 1690. The molecule has 5 aliphatic rings. The number of amides is 2. The number of methoxy groups -OCH3 is 1. The number of fused-ring (bicyclic) bond motifs is 6. The Morgan fingerprint density at radius 1 is 1.02 bits per heavy atom. The zero-order valence-corrected chi connectivity index (χ0v) is 27.7. The van der Waals surface area contributed by atoms with Crippen LogP contribution in [0.4, 0.5) is 0 Å². The van der Waals surface area contributed by atoms with E-state index in [1.807, 2.05) is 6.92 Å². The van der Waals surface area contributed by atoms with E-state index in [2.05, 4.69) is 15.5 Å². The summed E-state index contributed by atoms with van der Waals surface area (Å²) < 4.78 is 30.1. The van der Waals surface area contributed by atoms with Crippen molar-refractivity contribution in [1.29, 1.82) is 0 Å². The predicted octanol–water partition coefficient (Wildman–Crippen LogP) is 1.70. The standard InChI is InChI=1S/C35H41N3O11/c1-4-23(39)36-8-9-37-35(44)17-12-19-27(22(13-17)48-25-14-20-34(16(2)47-25)49-24-15-46-11-10-38(20)24)33(43)29-28(31(19)41)30(40)18-6-5-7-21(45-3)26(18)32(29)42/h5-7,16-17,20,22,24-25,34,41,43H,4,8-15H2,1-3H3,(H,36,39)(H,37,44)/t16-,17?,20-,22-,24+,25-,34+/m0/s1. The Morgan fingerprint density at radius 3 is 2.57 bits per heavy atom. The summed E-state index contributed by atoms with van der Waals surface area (Å²) in [5.74, 6) is -3.34. The molecule has 7 rings (SSSR count). The molecule has 3 saturated heterocycles. The number of nitrogens with zero attached hydrogens (tertiary/aromatic N) is 1. The van der Waals surface area contributed by atoms with Crippen molar-refractivity contribution in [1.82, 2.24) is 15.5 Å². The Balaban J connectivity index is 1.24. The van der Waals surface area contributed by atoms with Crippen LogP contribution in [0.2, 0.25) is 0 Å². The smallest absolute Gasteiger partial charge is 0.223 e. The highest BCUT2D eigenvalue weighted by Gasteiger charge is 2.51. The number of aromatic hydroxyl groups is 2. The summed E-state index contributed by atoms with van der Waals surface area (Å²) in [5.41, 5.74) is -0.331. The number of phenolic OH excluding ortho intramolecular Hbond substituents is 2. The molecule has 0 bridgehead atoms. The van der Waals surface area contributed by atoms with Crippen LogP contribution in [0.25, 0.3) is 0 Å². The second-order valence-corrected chi connectivity index (χ2v) is 13.1. The highest BCUT2D eigenvalue weighted by molar-refractivity contribution is 6.31. The summed E-state index contributed by atoms with van der Waals surface area (Å²) in [6.07, 6.45) is -1.68. The first-order chi connectivity index (χ1) is 23.6. The van der Waals surface area contributed by atoms with Gasteiger partial charge in [0, 0.05) is 61.1 Å². The summed E-state index contributed by atoms with van der Waals surface area (Å²) in [5, 5.41) is 29.2. The molecule has 14 heteroatoms. The summed E-state index contributed by atoms with van der Waals surface area (Å²) in [7, 11) is 1.38. The lowest BCUT2D eigenvalue weighted by atomic mass is 9.74. The zero-order valence-electron chi connectivity index (χ0n) is 27.7. The average molecular weight is 680 g/mol. The van der Waals surface area contributed by atoms with Crippen molar-refractivity contribution in [3.63, 3.8) is 0 Å². The topological polar surface area (TPSA) is 182 Å². The molecule has 4 N–H and O–H groups in total. The molecule has 2 aromatic rings. The summed E-state index contributed by atoms with van der Waals surface area (Å²) in [6, 6.07) is 4.57. The fourth-order valence-corrected chi connectivity index (χ4v) is 7.94. The summed E-state index contributed by atoms with van der Waals surface area (Å²) >= 11 is 0. The summed E-state index contributed by atoms with van der Waals surface area (Å²) in [4.78, 5) is 55.3. The first-order valence-corrected chi connectivity index (χ1v) is 16.8. The molecule has 0 saturated carbocycles. The third-order valence-corrected chi connectivity index (χ3v) is 10.3. The van der Waals surface area contributed by atoms with Gasteiger partial charge in [0.15, 0.2) is 12.1 Å². The Kier molecular flexibility index (Phi) is 9.09. The van der Waals surface area contributed by atoms with Gasteiger partial charge in [0.25, 0.3) is 0 Å². The van der Waals surface area contributed by atoms with Gasteiger partial charge in [0.1, 0.15) is 29.6 Å².